The molecular weight excluding hydrogens is 280 g/mol. The lowest BCUT2D eigenvalue weighted by atomic mass is 9.99. The van der Waals surface area contributed by atoms with Gasteiger partial charge in [-0.15, -0.1) is 0 Å². The first-order chi connectivity index (χ1) is 11.1. The number of aryl methyl sites for hydroxylation is 1. The Morgan fingerprint density at radius 3 is 2.48 bits per heavy atom. The van der Waals surface area contributed by atoms with Crippen LogP contribution in [0, 0.1) is 6.92 Å². The van der Waals surface area contributed by atoms with E-state index in [9.17, 15) is 0 Å². The molecule has 0 saturated carbocycles. The third-order valence-corrected chi connectivity index (χ3v) is 4.87. The Balaban J connectivity index is 1.93. The highest BCUT2D eigenvalue weighted by atomic mass is 14.9. The molecule has 0 fully saturated rings. The highest BCUT2D eigenvalue weighted by Crippen LogP contribution is 2.25. The maximum absolute atomic E-state index is 4.69. The van der Waals surface area contributed by atoms with Crippen molar-refractivity contribution in [1.82, 2.24) is 4.57 Å². The molecule has 0 aliphatic rings. The average Bonchev–Trinajstić information content (AvgIpc) is 2.84. The summed E-state index contributed by atoms with van der Waals surface area (Å²) in [7, 11) is 2.11. The second kappa shape index (κ2) is 6.41. The Hall–Kier alpha value is -2.35. The van der Waals surface area contributed by atoms with Crippen LogP contribution in [-0.4, -0.2) is 10.8 Å². The van der Waals surface area contributed by atoms with Gasteiger partial charge in [-0.1, -0.05) is 44.2 Å². The zero-order valence-corrected chi connectivity index (χ0v) is 14.4. The molecule has 1 atom stereocenters. The van der Waals surface area contributed by atoms with E-state index in [1.54, 1.807) is 0 Å². The van der Waals surface area contributed by atoms with E-state index in [1.807, 2.05) is 6.21 Å². The number of benzene rings is 2. The molecule has 118 valence electrons. The topological polar surface area (TPSA) is 17.3 Å². The van der Waals surface area contributed by atoms with Gasteiger partial charge in [-0.2, -0.15) is 0 Å². The largest absolute Gasteiger partial charge is 0.347 e. The van der Waals surface area contributed by atoms with E-state index < -0.39 is 0 Å². The van der Waals surface area contributed by atoms with Gasteiger partial charge in [-0.25, -0.2) is 0 Å². The van der Waals surface area contributed by atoms with Crippen LogP contribution < -0.4 is 0 Å². The number of aliphatic imine (C=N–C) groups is 1. The van der Waals surface area contributed by atoms with E-state index in [-0.39, 0.29) is 0 Å². The first-order valence-corrected chi connectivity index (χ1v) is 8.30. The number of hydrogen-bond donors (Lipinski definition) is 0. The molecule has 0 bridgehead atoms. The minimum absolute atomic E-state index is 0.605. The summed E-state index contributed by atoms with van der Waals surface area (Å²) in [4.78, 5) is 4.69. The van der Waals surface area contributed by atoms with Gasteiger partial charge in [0.1, 0.15) is 0 Å². The van der Waals surface area contributed by atoms with Crippen molar-refractivity contribution in [3.05, 3.63) is 65.4 Å². The van der Waals surface area contributed by atoms with Crippen molar-refractivity contribution in [2.24, 2.45) is 12.0 Å². The quantitative estimate of drug-likeness (QED) is 0.546. The van der Waals surface area contributed by atoms with Gasteiger partial charge in [0, 0.05) is 35.4 Å². The first-order valence-electron chi connectivity index (χ1n) is 8.30. The fourth-order valence-corrected chi connectivity index (χ4v) is 2.98. The van der Waals surface area contributed by atoms with Crippen LogP contribution in [0.25, 0.3) is 10.9 Å². The normalized spacial score (nSPS) is 13.0. The molecule has 0 aliphatic heterocycles. The van der Waals surface area contributed by atoms with Crippen LogP contribution in [0.15, 0.2) is 53.5 Å². The molecule has 0 unspecified atom stereocenters. The molecule has 1 aromatic heterocycles. The monoisotopic (exact) mass is 304 g/mol. The second-order valence-electron chi connectivity index (χ2n) is 6.23. The number of para-hydroxylation sites is 1. The van der Waals surface area contributed by atoms with Gasteiger partial charge < -0.3 is 4.57 Å². The smallest absolute Gasteiger partial charge is 0.0630 e. The number of aromatic nitrogens is 1. The molecule has 2 heteroatoms. The summed E-state index contributed by atoms with van der Waals surface area (Å²) >= 11 is 0. The number of rotatable bonds is 4. The van der Waals surface area contributed by atoms with Crippen molar-refractivity contribution in [3.63, 3.8) is 0 Å². The third kappa shape index (κ3) is 2.94. The minimum Gasteiger partial charge on any atom is -0.347 e. The van der Waals surface area contributed by atoms with Gasteiger partial charge in [0.25, 0.3) is 0 Å². The van der Waals surface area contributed by atoms with Crippen LogP contribution in [0.1, 0.15) is 43.0 Å². The van der Waals surface area contributed by atoms with Crippen LogP contribution in [0.3, 0.4) is 0 Å². The highest BCUT2D eigenvalue weighted by Gasteiger charge is 2.09. The molecule has 0 amide bonds. The third-order valence-electron chi connectivity index (χ3n) is 4.87. The van der Waals surface area contributed by atoms with Crippen LogP contribution in [0.2, 0.25) is 0 Å². The first kappa shape index (κ1) is 15.5. The van der Waals surface area contributed by atoms with E-state index >= 15 is 0 Å². The summed E-state index contributed by atoms with van der Waals surface area (Å²) in [6, 6.07) is 17.1. The van der Waals surface area contributed by atoms with E-state index in [2.05, 4.69) is 85.9 Å². The molecule has 2 aromatic carbocycles. The van der Waals surface area contributed by atoms with Crippen molar-refractivity contribution >= 4 is 22.8 Å². The fraction of sp³-hybridized carbons (Fsp3) is 0.286. The second-order valence-corrected chi connectivity index (χ2v) is 6.23. The SMILES string of the molecule is CC[C@@H](C)c1ccc(N=Cc2c(C)n(C)c3ccccc23)cc1. The van der Waals surface area contributed by atoms with Gasteiger partial charge in [0.2, 0.25) is 0 Å². The molecule has 0 spiro atoms. The Kier molecular flexibility index (Phi) is 4.33. The average molecular weight is 304 g/mol. The molecule has 0 saturated heterocycles. The van der Waals surface area contributed by atoms with Crippen molar-refractivity contribution in [1.29, 1.82) is 0 Å². The lowest BCUT2D eigenvalue weighted by Gasteiger charge is -2.08. The Morgan fingerprint density at radius 1 is 1.09 bits per heavy atom. The van der Waals surface area contributed by atoms with E-state index in [1.165, 1.54) is 27.7 Å². The standard InChI is InChI=1S/C21H24N2/c1-5-15(2)17-10-12-18(13-11-17)22-14-20-16(3)23(4)21-9-7-6-8-19(20)21/h6-15H,5H2,1-4H3/t15-/m1/s1. The lowest BCUT2D eigenvalue weighted by molar-refractivity contribution is 0.734. The molecule has 0 aliphatic carbocycles. The molecule has 0 N–H and O–H groups in total. The number of nitrogens with zero attached hydrogens (tertiary/aromatic N) is 2. The summed E-state index contributed by atoms with van der Waals surface area (Å²) in [6.07, 6.45) is 3.16. The maximum Gasteiger partial charge on any atom is 0.0630 e. The van der Waals surface area contributed by atoms with Crippen LogP contribution >= 0.6 is 0 Å². The van der Waals surface area contributed by atoms with E-state index in [0.29, 0.717) is 5.92 Å². The van der Waals surface area contributed by atoms with Crippen LogP contribution in [0.5, 0.6) is 0 Å². The zero-order valence-electron chi connectivity index (χ0n) is 14.4. The summed E-state index contributed by atoms with van der Waals surface area (Å²) in [6.45, 7) is 6.63. The molecule has 3 rings (SSSR count). The van der Waals surface area contributed by atoms with Crippen molar-refractivity contribution in [2.45, 2.75) is 33.1 Å². The van der Waals surface area contributed by atoms with Gasteiger partial charge in [-0.3, -0.25) is 4.99 Å². The number of fused-ring (bicyclic) bond motifs is 1. The van der Waals surface area contributed by atoms with E-state index in [0.717, 1.165) is 12.1 Å². The Morgan fingerprint density at radius 2 is 1.78 bits per heavy atom. The molecular formula is C21H24N2. The molecule has 1 heterocycles. The minimum atomic E-state index is 0.605. The van der Waals surface area contributed by atoms with Gasteiger partial charge >= 0.3 is 0 Å². The molecule has 23 heavy (non-hydrogen) atoms. The molecule has 2 nitrogen and oxygen atoms in total. The molecule has 3 aromatic rings. The van der Waals surface area contributed by atoms with Crippen molar-refractivity contribution in [2.75, 3.05) is 0 Å². The van der Waals surface area contributed by atoms with Gasteiger partial charge in [-0.05, 0) is 43.0 Å². The predicted molar refractivity (Wildman–Crippen MR) is 100 cm³/mol. The van der Waals surface area contributed by atoms with Crippen molar-refractivity contribution in [3.8, 4) is 0 Å². The summed E-state index contributed by atoms with van der Waals surface area (Å²) in [5, 5.41) is 1.26. The summed E-state index contributed by atoms with van der Waals surface area (Å²) in [5.41, 5.74) is 6.08. The van der Waals surface area contributed by atoms with Crippen LogP contribution in [-0.2, 0) is 7.05 Å². The lowest BCUT2D eigenvalue weighted by Crippen LogP contribution is -1.91. The predicted octanol–water partition coefficient (Wildman–Crippen LogP) is 5.75. The molecule has 0 radical (unpaired) electrons. The zero-order chi connectivity index (χ0) is 16.4. The summed E-state index contributed by atoms with van der Waals surface area (Å²) in [5.74, 6) is 0.605. The Bertz CT molecular complexity index is 838. The maximum atomic E-state index is 4.69. The van der Waals surface area contributed by atoms with Gasteiger partial charge in [0.05, 0.1) is 5.69 Å². The van der Waals surface area contributed by atoms with Crippen molar-refractivity contribution < 1.29 is 0 Å². The fourth-order valence-electron chi connectivity index (χ4n) is 2.98. The van der Waals surface area contributed by atoms with E-state index in [4.69, 9.17) is 0 Å². The van der Waals surface area contributed by atoms with Gasteiger partial charge in [0.15, 0.2) is 0 Å². The highest BCUT2D eigenvalue weighted by molar-refractivity contribution is 6.01. The number of hydrogen-bond acceptors (Lipinski definition) is 1. The Labute approximate surface area is 138 Å². The summed E-state index contributed by atoms with van der Waals surface area (Å²) < 4.78 is 2.22. The van der Waals surface area contributed by atoms with Crippen LogP contribution in [0.4, 0.5) is 5.69 Å².